The maximum atomic E-state index is 12.0. The second-order valence-electron chi connectivity index (χ2n) is 7.59. The van der Waals surface area contributed by atoms with E-state index in [-0.39, 0.29) is 6.42 Å². The standard InChI is InChI=1S/C20H27N3O4/c1-12-9-7-8-10-17(12)23-14(3)15(13(2)22-23)11-16(18(24)25)21-19(26)27-20(4,5)6/h7-10,16H,11H2,1-6H3,(H,21,26)(H,24,25). The van der Waals surface area contributed by atoms with E-state index in [9.17, 15) is 14.7 Å². The van der Waals surface area contributed by atoms with E-state index >= 15 is 0 Å². The fourth-order valence-electron chi connectivity index (χ4n) is 2.86. The van der Waals surface area contributed by atoms with Gasteiger partial charge in [-0.05, 0) is 58.7 Å². The zero-order chi connectivity index (χ0) is 20.4. The van der Waals surface area contributed by atoms with Crippen molar-refractivity contribution >= 4 is 12.1 Å². The number of carboxylic acids is 1. The Labute approximate surface area is 159 Å². The van der Waals surface area contributed by atoms with Crippen LogP contribution in [0.4, 0.5) is 4.79 Å². The smallest absolute Gasteiger partial charge is 0.408 e. The van der Waals surface area contributed by atoms with E-state index in [0.29, 0.717) is 0 Å². The Balaban J connectivity index is 2.28. The third-order valence-electron chi connectivity index (χ3n) is 4.18. The van der Waals surface area contributed by atoms with Gasteiger partial charge in [0, 0.05) is 12.1 Å². The van der Waals surface area contributed by atoms with Crippen LogP contribution in [-0.2, 0) is 16.0 Å². The summed E-state index contributed by atoms with van der Waals surface area (Å²) in [5.41, 5.74) is 3.68. The van der Waals surface area contributed by atoms with Gasteiger partial charge >= 0.3 is 12.1 Å². The van der Waals surface area contributed by atoms with Crippen molar-refractivity contribution in [1.29, 1.82) is 0 Å². The second-order valence-corrected chi connectivity index (χ2v) is 7.59. The molecule has 0 bridgehead atoms. The van der Waals surface area contributed by atoms with Crippen LogP contribution in [0.3, 0.4) is 0 Å². The number of para-hydroxylation sites is 1. The van der Waals surface area contributed by atoms with Crippen molar-refractivity contribution in [2.75, 3.05) is 0 Å². The maximum absolute atomic E-state index is 12.0. The molecule has 0 saturated heterocycles. The quantitative estimate of drug-likeness (QED) is 0.839. The van der Waals surface area contributed by atoms with Crippen molar-refractivity contribution < 1.29 is 19.4 Å². The molecule has 0 saturated carbocycles. The predicted molar refractivity (Wildman–Crippen MR) is 102 cm³/mol. The van der Waals surface area contributed by atoms with Gasteiger partial charge in [0.15, 0.2) is 0 Å². The lowest BCUT2D eigenvalue weighted by atomic mass is 10.0. The van der Waals surface area contributed by atoms with E-state index in [1.54, 1.807) is 20.8 Å². The molecule has 2 N–H and O–H groups in total. The molecule has 1 atom stereocenters. The number of benzene rings is 1. The van der Waals surface area contributed by atoms with Gasteiger partial charge in [-0.1, -0.05) is 18.2 Å². The van der Waals surface area contributed by atoms with E-state index in [1.165, 1.54) is 0 Å². The van der Waals surface area contributed by atoms with E-state index < -0.39 is 23.7 Å². The Morgan fingerprint density at radius 1 is 1.22 bits per heavy atom. The minimum Gasteiger partial charge on any atom is -0.480 e. The highest BCUT2D eigenvalue weighted by Gasteiger charge is 2.27. The lowest BCUT2D eigenvalue weighted by molar-refractivity contribution is -0.139. The van der Waals surface area contributed by atoms with Crippen molar-refractivity contribution in [1.82, 2.24) is 15.1 Å². The number of carboxylic acid groups (broad SMARTS) is 1. The molecular weight excluding hydrogens is 346 g/mol. The third kappa shape index (κ3) is 5.09. The van der Waals surface area contributed by atoms with Crippen molar-refractivity contribution in [2.24, 2.45) is 0 Å². The molecule has 0 aliphatic rings. The molecule has 2 rings (SSSR count). The number of carbonyl (C=O) groups is 2. The summed E-state index contributed by atoms with van der Waals surface area (Å²) in [6, 6.07) is 6.74. The number of aryl methyl sites for hydroxylation is 2. The first-order valence-electron chi connectivity index (χ1n) is 8.83. The molecule has 1 heterocycles. The highest BCUT2D eigenvalue weighted by molar-refractivity contribution is 5.80. The molecule has 1 unspecified atom stereocenters. The van der Waals surface area contributed by atoms with Gasteiger partial charge in [-0.3, -0.25) is 0 Å². The van der Waals surface area contributed by atoms with Crippen LogP contribution in [0.15, 0.2) is 24.3 Å². The molecule has 27 heavy (non-hydrogen) atoms. The fourth-order valence-corrected chi connectivity index (χ4v) is 2.86. The second kappa shape index (κ2) is 7.82. The first kappa shape index (κ1) is 20.5. The number of hydrogen-bond donors (Lipinski definition) is 2. The lowest BCUT2D eigenvalue weighted by Gasteiger charge is -2.22. The van der Waals surface area contributed by atoms with E-state index in [1.807, 2.05) is 49.7 Å². The zero-order valence-electron chi connectivity index (χ0n) is 16.7. The normalized spacial score (nSPS) is 12.5. The van der Waals surface area contributed by atoms with Crippen molar-refractivity contribution in [3.63, 3.8) is 0 Å². The van der Waals surface area contributed by atoms with Gasteiger partial charge in [-0.25, -0.2) is 14.3 Å². The Morgan fingerprint density at radius 2 is 1.85 bits per heavy atom. The Kier molecular flexibility index (Phi) is 5.93. The van der Waals surface area contributed by atoms with Crippen molar-refractivity contribution in [3.05, 3.63) is 46.8 Å². The summed E-state index contributed by atoms with van der Waals surface area (Å²) in [6.45, 7) is 10.9. The lowest BCUT2D eigenvalue weighted by Crippen LogP contribution is -2.44. The molecule has 1 aromatic heterocycles. The average molecular weight is 373 g/mol. The number of carbonyl (C=O) groups excluding carboxylic acids is 1. The summed E-state index contributed by atoms with van der Waals surface area (Å²) in [6.07, 6.45) is -0.630. The average Bonchev–Trinajstić information content (AvgIpc) is 2.80. The van der Waals surface area contributed by atoms with Crippen molar-refractivity contribution in [2.45, 2.75) is 59.6 Å². The highest BCUT2D eigenvalue weighted by atomic mass is 16.6. The summed E-state index contributed by atoms with van der Waals surface area (Å²) < 4.78 is 6.98. The molecule has 0 spiro atoms. The summed E-state index contributed by atoms with van der Waals surface area (Å²) >= 11 is 0. The van der Waals surface area contributed by atoms with Gasteiger partial charge in [0.05, 0.1) is 11.4 Å². The van der Waals surface area contributed by atoms with Crippen LogP contribution in [0.25, 0.3) is 5.69 Å². The molecule has 2 aromatic rings. The topological polar surface area (TPSA) is 93.5 Å². The van der Waals surface area contributed by atoms with Crippen LogP contribution in [-0.4, -0.2) is 38.6 Å². The van der Waals surface area contributed by atoms with Crippen LogP contribution in [0, 0.1) is 20.8 Å². The molecule has 7 heteroatoms. The first-order chi connectivity index (χ1) is 12.5. The van der Waals surface area contributed by atoms with Gasteiger partial charge in [-0.15, -0.1) is 0 Å². The number of alkyl carbamates (subject to hydrolysis) is 1. The zero-order valence-corrected chi connectivity index (χ0v) is 16.7. The van der Waals surface area contributed by atoms with E-state index in [2.05, 4.69) is 10.4 Å². The molecule has 0 fully saturated rings. The number of rotatable bonds is 5. The number of aliphatic carboxylic acids is 1. The van der Waals surface area contributed by atoms with Crippen LogP contribution >= 0.6 is 0 Å². The minimum absolute atomic E-state index is 0.123. The third-order valence-corrected chi connectivity index (χ3v) is 4.18. The number of aromatic nitrogens is 2. The van der Waals surface area contributed by atoms with Crippen LogP contribution < -0.4 is 5.32 Å². The fraction of sp³-hybridized carbons (Fsp3) is 0.450. The maximum Gasteiger partial charge on any atom is 0.408 e. The molecule has 7 nitrogen and oxygen atoms in total. The van der Waals surface area contributed by atoms with Gasteiger partial charge in [-0.2, -0.15) is 5.10 Å². The van der Waals surface area contributed by atoms with Gasteiger partial charge < -0.3 is 15.2 Å². The van der Waals surface area contributed by atoms with Gasteiger partial charge in [0.2, 0.25) is 0 Å². The summed E-state index contributed by atoms with van der Waals surface area (Å²) in [5.74, 6) is -1.12. The molecular formula is C20H27N3O4. The highest BCUT2D eigenvalue weighted by Crippen LogP contribution is 2.21. The van der Waals surface area contributed by atoms with E-state index in [4.69, 9.17) is 4.74 Å². The Bertz CT molecular complexity index is 849. The van der Waals surface area contributed by atoms with Gasteiger partial charge in [0.1, 0.15) is 11.6 Å². The Hall–Kier alpha value is -2.83. The van der Waals surface area contributed by atoms with Crippen LogP contribution in [0.1, 0.15) is 43.3 Å². The van der Waals surface area contributed by atoms with Crippen LogP contribution in [0.5, 0.6) is 0 Å². The molecule has 0 radical (unpaired) electrons. The number of nitrogens with zero attached hydrogens (tertiary/aromatic N) is 2. The monoisotopic (exact) mass is 373 g/mol. The van der Waals surface area contributed by atoms with Crippen molar-refractivity contribution in [3.8, 4) is 5.69 Å². The van der Waals surface area contributed by atoms with E-state index in [0.717, 1.165) is 28.2 Å². The molecule has 0 aliphatic carbocycles. The first-order valence-corrected chi connectivity index (χ1v) is 8.83. The van der Waals surface area contributed by atoms with Gasteiger partial charge in [0.25, 0.3) is 0 Å². The minimum atomic E-state index is -1.12. The largest absolute Gasteiger partial charge is 0.480 e. The summed E-state index contributed by atoms with van der Waals surface area (Å²) in [7, 11) is 0. The SMILES string of the molecule is Cc1ccccc1-n1nc(C)c(CC(NC(=O)OC(C)(C)C)C(=O)O)c1C. The number of hydrogen-bond acceptors (Lipinski definition) is 4. The molecule has 146 valence electrons. The summed E-state index contributed by atoms with van der Waals surface area (Å²) in [5, 5.41) is 16.5. The Morgan fingerprint density at radius 3 is 2.41 bits per heavy atom. The molecule has 1 amide bonds. The number of amides is 1. The predicted octanol–water partition coefficient (Wildman–Crippen LogP) is 3.32. The number of nitrogens with one attached hydrogen (secondary N) is 1. The van der Waals surface area contributed by atoms with Crippen LogP contribution in [0.2, 0.25) is 0 Å². The molecule has 0 aliphatic heterocycles. The number of ether oxygens (including phenoxy) is 1. The molecule has 1 aromatic carbocycles. The summed E-state index contributed by atoms with van der Waals surface area (Å²) in [4.78, 5) is 23.6.